The monoisotopic (exact) mass is 255 g/mol. The minimum Gasteiger partial charge on any atom is -0.497 e. The number of aryl methyl sites for hydroxylation is 1. The standard InChI is InChI=1S/C17H21NO/c1-4-14-7-5-9-16(11-14)18-13(2)15-8-6-10-17(12-15)19-3/h5-13,18H,4H2,1-3H3. The van der Waals surface area contributed by atoms with Gasteiger partial charge in [-0.3, -0.25) is 0 Å². The summed E-state index contributed by atoms with van der Waals surface area (Å²) in [6, 6.07) is 17.0. The predicted octanol–water partition coefficient (Wildman–Crippen LogP) is 4.43. The van der Waals surface area contributed by atoms with Crippen molar-refractivity contribution in [2.45, 2.75) is 26.3 Å². The SMILES string of the molecule is CCc1cccc(NC(C)c2cccc(OC)c2)c1. The molecule has 0 bridgehead atoms. The number of benzene rings is 2. The fraction of sp³-hybridized carbons (Fsp3) is 0.294. The molecule has 2 aromatic rings. The molecule has 0 spiro atoms. The zero-order valence-electron chi connectivity index (χ0n) is 11.8. The Hall–Kier alpha value is -1.96. The molecule has 0 amide bonds. The molecule has 0 aliphatic carbocycles. The molecule has 2 nitrogen and oxygen atoms in total. The Balaban J connectivity index is 2.13. The van der Waals surface area contributed by atoms with E-state index in [1.165, 1.54) is 11.1 Å². The van der Waals surface area contributed by atoms with Gasteiger partial charge in [0.25, 0.3) is 0 Å². The summed E-state index contributed by atoms with van der Waals surface area (Å²) in [5, 5.41) is 3.53. The molecule has 2 heteroatoms. The van der Waals surface area contributed by atoms with Gasteiger partial charge in [0.2, 0.25) is 0 Å². The molecule has 1 atom stereocenters. The highest BCUT2D eigenvalue weighted by molar-refractivity contribution is 5.48. The molecule has 100 valence electrons. The van der Waals surface area contributed by atoms with Gasteiger partial charge in [0.15, 0.2) is 0 Å². The molecule has 0 aliphatic heterocycles. The molecule has 19 heavy (non-hydrogen) atoms. The van der Waals surface area contributed by atoms with E-state index in [-0.39, 0.29) is 6.04 Å². The van der Waals surface area contributed by atoms with Gasteiger partial charge in [-0.2, -0.15) is 0 Å². The fourth-order valence-electron chi connectivity index (χ4n) is 2.13. The maximum absolute atomic E-state index is 5.26. The summed E-state index contributed by atoms with van der Waals surface area (Å²) in [7, 11) is 1.70. The summed E-state index contributed by atoms with van der Waals surface area (Å²) in [4.78, 5) is 0. The Morgan fingerprint density at radius 2 is 1.89 bits per heavy atom. The number of hydrogen-bond donors (Lipinski definition) is 1. The van der Waals surface area contributed by atoms with Crippen LogP contribution in [0.2, 0.25) is 0 Å². The van der Waals surface area contributed by atoms with Crippen molar-refractivity contribution < 1.29 is 4.74 Å². The van der Waals surface area contributed by atoms with Crippen LogP contribution in [-0.4, -0.2) is 7.11 Å². The molecule has 0 saturated carbocycles. The van der Waals surface area contributed by atoms with Crippen LogP contribution in [-0.2, 0) is 6.42 Å². The topological polar surface area (TPSA) is 21.3 Å². The van der Waals surface area contributed by atoms with E-state index in [9.17, 15) is 0 Å². The largest absolute Gasteiger partial charge is 0.497 e. The number of ether oxygens (including phenoxy) is 1. The van der Waals surface area contributed by atoms with E-state index < -0.39 is 0 Å². The normalized spacial score (nSPS) is 11.9. The zero-order chi connectivity index (χ0) is 13.7. The van der Waals surface area contributed by atoms with Crippen LogP contribution in [0.3, 0.4) is 0 Å². The summed E-state index contributed by atoms with van der Waals surface area (Å²) >= 11 is 0. The molecule has 1 unspecified atom stereocenters. The lowest BCUT2D eigenvalue weighted by Gasteiger charge is -2.17. The molecule has 0 radical (unpaired) electrons. The van der Waals surface area contributed by atoms with E-state index in [1.54, 1.807) is 7.11 Å². The minimum atomic E-state index is 0.252. The minimum absolute atomic E-state index is 0.252. The van der Waals surface area contributed by atoms with Crippen LogP contribution in [0, 0.1) is 0 Å². The first-order valence-corrected chi connectivity index (χ1v) is 6.72. The van der Waals surface area contributed by atoms with E-state index in [1.807, 2.05) is 12.1 Å². The van der Waals surface area contributed by atoms with Gasteiger partial charge in [0.1, 0.15) is 5.75 Å². The van der Waals surface area contributed by atoms with Crippen molar-refractivity contribution >= 4 is 5.69 Å². The molecule has 1 N–H and O–H groups in total. The zero-order valence-corrected chi connectivity index (χ0v) is 11.8. The van der Waals surface area contributed by atoms with Gasteiger partial charge in [0, 0.05) is 11.7 Å². The van der Waals surface area contributed by atoms with Gasteiger partial charge < -0.3 is 10.1 Å². The predicted molar refractivity (Wildman–Crippen MR) is 80.9 cm³/mol. The average Bonchev–Trinajstić information content (AvgIpc) is 2.47. The Kier molecular flexibility index (Phi) is 4.45. The van der Waals surface area contributed by atoms with Crippen LogP contribution < -0.4 is 10.1 Å². The second-order valence-electron chi connectivity index (χ2n) is 4.70. The van der Waals surface area contributed by atoms with E-state index in [4.69, 9.17) is 4.74 Å². The van der Waals surface area contributed by atoms with Gasteiger partial charge in [0.05, 0.1) is 7.11 Å². The Bertz CT molecular complexity index is 536. The lowest BCUT2D eigenvalue weighted by molar-refractivity contribution is 0.414. The number of anilines is 1. The van der Waals surface area contributed by atoms with Crippen LogP contribution in [0.15, 0.2) is 48.5 Å². The summed E-state index contributed by atoms with van der Waals surface area (Å²) in [5.74, 6) is 0.897. The molecule has 2 rings (SSSR count). The molecule has 0 aliphatic rings. The molecule has 0 fully saturated rings. The summed E-state index contributed by atoms with van der Waals surface area (Å²) in [6.07, 6.45) is 1.06. The van der Waals surface area contributed by atoms with Gasteiger partial charge in [-0.05, 0) is 48.7 Å². The first-order chi connectivity index (χ1) is 9.22. The van der Waals surface area contributed by atoms with Gasteiger partial charge in [-0.1, -0.05) is 31.2 Å². The van der Waals surface area contributed by atoms with Crippen molar-refractivity contribution in [3.8, 4) is 5.75 Å². The summed E-state index contributed by atoms with van der Waals surface area (Å²) in [6.45, 7) is 4.33. The molecule has 2 aromatic carbocycles. The lowest BCUT2D eigenvalue weighted by atomic mass is 10.1. The maximum Gasteiger partial charge on any atom is 0.119 e. The van der Waals surface area contributed by atoms with E-state index in [0.717, 1.165) is 17.9 Å². The van der Waals surface area contributed by atoms with Crippen LogP contribution >= 0.6 is 0 Å². The fourth-order valence-corrected chi connectivity index (χ4v) is 2.13. The van der Waals surface area contributed by atoms with Crippen molar-refractivity contribution in [3.05, 3.63) is 59.7 Å². The first kappa shape index (κ1) is 13.5. The highest BCUT2D eigenvalue weighted by atomic mass is 16.5. The third-order valence-electron chi connectivity index (χ3n) is 3.31. The molecular formula is C17H21NO. The van der Waals surface area contributed by atoms with Crippen molar-refractivity contribution in [1.29, 1.82) is 0 Å². The number of nitrogens with one attached hydrogen (secondary N) is 1. The highest BCUT2D eigenvalue weighted by Crippen LogP contribution is 2.23. The number of hydrogen-bond acceptors (Lipinski definition) is 2. The van der Waals surface area contributed by atoms with Crippen LogP contribution in [0.25, 0.3) is 0 Å². The third kappa shape index (κ3) is 3.50. The smallest absolute Gasteiger partial charge is 0.119 e. The van der Waals surface area contributed by atoms with Crippen molar-refractivity contribution in [1.82, 2.24) is 0 Å². The highest BCUT2D eigenvalue weighted by Gasteiger charge is 2.06. The van der Waals surface area contributed by atoms with E-state index in [2.05, 4.69) is 55.6 Å². The average molecular weight is 255 g/mol. The number of methoxy groups -OCH3 is 1. The van der Waals surface area contributed by atoms with E-state index in [0.29, 0.717) is 0 Å². The summed E-state index contributed by atoms with van der Waals surface area (Å²) < 4.78 is 5.26. The van der Waals surface area contributed by atoms with Gasteiger partial charge >= 0.3 is 0 Å². The van der Waals surface area contributed by atoms with Crippen LogP contribution in [0.4, 0.5) is 5.69 Å². The Morgan fingerprint density at radius 3 is 2.63 bits per heavy atom. The van der Waals surface area contributed by atoms with Gasteiger partial charge in [-0.15, -0.1) is 0 Å². The quantitative estimate of drug-likeness (QED) is 0.853. The van der Waals surface area contributed by atoms with E-state index >= 15 is 0 Å². The van der Waals surface area contributed by atoms with Crippen LogP contribution in [0.1, 0.15) is 31.0 Å². The second kappa shape index (κ2) is 6.28. The first-order valence-electron chi connectivity index (χ1n) is 6.72. The van der Waals surface area contributed by atoms with Crippen molar-refractivity contribution in [2.75, 3.05) is 12.4 Å². The molecule has 0 saturated heterocycles. The second-order valence-corrected chi connectivity index (χ2v) is 4.70. The lowest BCUT2D eigenvalue weighted by Crippen LogP contribution is -2.06. The van der Waals surface area contributed by atoms with Crippen LogP contribution in [0.5, 0.6) is 5.75 Å². The third-order valence-corrected chi connectivity index (χ3v) is 3.31. The molecular weight excluding hydrogens is 234 g/mol. The van der Waals surface area contributed by atoms with Gasteiger partial charge in [-0.25, -0.2) is 0 Å². The molecule has 0 heterocycles. The maximum atomic E-state index is 5.26. The van der Waals surface area contributed by atoms with Crippen molar-refractivity contribution in [3.63, 3.8) is 0 Å². The van der Waals surface area contributed by atoms with Crippen molar-refractivity contribution in [2.24, 2.45) is 0 Å². The summed E-state index contributed by atoms with van der Waals surface area (Å²) in [5.41, 5.74) is 3.73. The Morgan fingerprint density at radius 1 is 1.11 bits per heavy atom. The Labute approximate surface area is 115 Å². The molecule has 0 aromatic heterocycles. The number of rotatable bonds is 5.